The van der Waals surface area contributed by atoms with Crippen LogP contribution in [0.15, 0.2) is 53.4 Å². The Balaban J connectivity index is 1.80. The molecule has 0 aromatic heterocycles. The number of primary amides is 1. The molecule has 0 saturated carbocycles. The molecule has 1 aliphatic rings. The lowest BCUT2D eigenvalue weighted by molar-refractivity contribution is -0.123. The maximum absolute atomic E-state index is 12.6. The molecule has 138 valence electrons. The van der Waals surface area contributed by atoms with Crippen LogP contribution < -0.4 is 10.5 Å². The molecule has 3 rings (SSSR count). The third-order valence-corrected chi connectivity index (χ3v) is 4.86. The van der Waals surface area contributed by atoms with E-state index in [1.165, 1.54) is 4.90 Å². The van der Waals surface area contributed by atoms with Crippen molar-refractivity contribution in [2.75, 3.05) is 6.61 Å². The summed E-state index contributed by atoms with van der Waals surface area (Å²) in [4.78, 5) is 37.3. The van der Waals surface area contributed by atoms with Gasteiger partial charge in [0.2, 0.25) is 0 Å². The van der Waals surface area contributed by atoms with Crippen molar-refractivity contribution < 1.29 is 19.1 Å². The maximum atomic E-state index is 12.6. The first-order valence-corrected chi connectivity index (χ1v) is 9.13. The van der Waals surface area contributed by atoms with E-state index in [4.69, 9.17) is 22.1 Å². The Morgan fingerprint density at radius 1 is 1.15 bits per heavy atom. The first-order valence-electron chi connectivity index (χ1n) is 7.94. The number of para-hydroxylation sites is 1. The minimum absolute atomic E-state index is 0.166. The first-order chi connectivity index (χ1) is 12.9. The normalized spacial score (nSPS) is 15.4. The SMILES string of the molecule is NC(=O)COc1ccccc1/C=C1/SC(=O)N(Cc2ccc(Cl)cc2)C1=O. The van der Waals surface area contributed by atoms with Crippen molar-refractivity contribution in [1.82, 2.24) is 4.90 Å². The van der Waals surface area contributed by atoms with E-state index in [0.29, 0.717) is 16.3 Å². The molecule has 3 amide bonds. The molecule has 0 bridgehead atoms. The Morgan fingerprint density at radius 3 is 2.56 bits per heavy atom. The number of hydrogen-bond acceptors (Lipinski definition) is 5. The average molecular weight is 403 g/mol. The Kier molecular flexibility index (Phi) is 5.83. The number of benzene rings is 2. The molecule has 1 heterocycles. The number of amides is 3. The predicted octanol–water partition coefficient (Wildman–Crippen LogP) is 3.44. The summed E-state index contributed by atoms with van der Waals surface area (Å²) in [5.41, 5.74) is 6.48. The quantitative estimate of drug-likeness (QED) is 0.747. The summed E-state index contributed by atoms with van der Waals surface area (Å²) in [5.74, 6) is -0.585. The molecule has 0 aliphatic carbocycles. The predicted molar refractivity (Wildman–Crippen MR) is 104 cm³/mol. The van der Waals surface area contributed by atoms with Crippen LogP contribution in [0.1, 0.15) is 11.1 Å². The molecule has 0 unspecified atom stereocenters. The standard InChI is InChI=1S/C19H15ClN2O4S/c20-14-7-5-12(6-8-14)10-22-18(24)16(27-19(22)25)9-13-3-1-2-4-15(13)26-11-17(21)23/h1-9H,10-11H2,(H2,21,23)/b16-9+. The monoisotopic (exact) mass is 402 g/mol. The molecular formula is C19H15ClN2O4S. The second-order valence-corrected chi connectivity index (χ2v) is 7.12. The van der Waals surface area contributed by atoms with Gasteiger partial charge in [0.25, 0.3) is 17.1 Å². The summed E-state index contributed by atoms with van der Waals surface area (Å²) in [5, 5.41) is 0.233. The molecule has 0 radical (unpaired) electrons. The molecule has 0 atom stereocenters. The van der Waals surface area contributed by atoms with Gasteiger partial charge in [-0.2, -0.15) is 0 Å². The number of nitrogens with two attached hydrogens (primary N) is 1. The highest BCUT2D eigenvalue weighted by atomic mass is 35.5. The number of carbonyl (C=O) groups excluding carboxylic acids is 3. The van der Waals surface area contributed by atoms with E-state index in [0.717, 1.165) is 17.3 Å². The molecule has 8 heteroatoms. The molecular weight excluding hydrogens is 388 g/mol. The lowest BCUT2D eigenvalue weighted by Crippen LogP contribution is -2.27. The van der Waals surface area contributed by atoms with Gasteiger partial charge >= 0.3 is 0 Å². The van der Waals surface area contributed by atoms with Crippen molar-refractivity contribution in [2.45, 2.75) is 6.54 Å². The first kappa shape index (κ1) is 19.0. The van der Waals surface area contributed by atoms with Gasteiger partial charge in [0.15, 0.2) is 6.61 Å². The summed E-state index contributed by atoms with van der Waals surface area (Å²) < 4.78 is 5.35. The van der Waals surface area contributed by atoms with E-state index in [2.05, 4.69) is 0 Å². The lowest BCUT2D eigenvalue weighted by atomic mass is 10.1. The fraction of sp³-hybridized carbons (Fsp3) is 0.105. The Morgan fingerprint density at radius 2 is 1.85 bits per heavy atom. The van der Waals surface area contributed by atoms with Crippen molar-refractivity contribution in [2.24, 2.45) is 5.73 Å². The van der Waals surface area contributed by atoms with E-state index in [1.54, 1.807) is 54.6 Å². The van der Waals surface area contributed by atoms with Crippen LogP contribution in [0.25, 0.3) is 6.08 Å². The number of nitrogens with zero attached hydrogens (tertiary/aromatic N) is 1. The molecule has 2 N–H and O–H groups in total. The van der Waals surface area contributed by atoms with Crippen LogP contribution in [0.2, 0.25) is 5.02 Å². The molecule has 6 nitrogen and oxygen atoms in total. The highest BCUT2D eigenvalue weighted by Crippen LogP contribution is 2.34. The highest BCUT2D eigenvalue weighted by molar-refractivity contribution is 8.18. The number of carbonyl (C=O) groups is 3. The minimum Gasteiger partial charge on any atom is -0.483 e. The summed E-state index contributed by atoms with van der Waals surface area (Å²) >= 11 is 6.72. The third-order valence-electron chi connectivity index (χ3n) is 3.70. The van der Waals surface area contributed by atoms with E-state index < -0.39 is 5.91 Å². The zero-order valence-electron chi connectivity index (χ0n) is 14.1. The summed E-state index contributed by atoms with van der Waals surface area (Å²) in [6.45, 7) is -0.109. The second kappa shape index (κ2) is 8.28. The van der Waals surface area contributed by atoms with Gasteiger partial charge in [-0.1, -0.05) is 41.9 Å². The number of halogens is 1. The number of imide groups is 1. The van der Waals surface area contributed by atoms with Gasteiger partial charge in [0.05, 0.1) is 11.4 Å². The van der Waals surface area contributed by atoms with Crippen LogP contribution in [0.4, 0.5) is 4.79 Å². The van der Waals surface area contributed by atoms with Crippen molar-refractivity contribution in [1.29, 1.82) is 0 Å². The Hall–Kier alpha value is -2.77. The summed E-state index contributed by atoms with van der Waals surface area (Å²) in [6, 6.07) is 13.8. The van der Waals surface area contributed by atoms with E-state index in [9.17, 15) is 14.4 Å². The smallest absolute Gasteiger partial charge is 0.293 e. The van der Waals surface area contributed by atoms with Crippen LogP contribution in [0.5, 0.6) is 5.75 Å². The summed E-state index contributed by atoms with van der Waals surface area (Å²) in [7, 11) is 0. The van der Waals surface area contributed by atoms with E-state index >= 15 is 0 Å². The highest BCUT2D eigenvalue weighted by Gasteiger charge is 2.35. The van der Waals surface area contributed by atoms with Gasteiger partial charge in [-0.15, -0.1) is 0 Å². The number of ether oxygens (including phenoxy) is 1. The molecule has 2 aromatic rings. The number of thioether (sulfide) groups is 1. The minimum atomic E-state index is -0.604. The molecule has 2 aromatic carbocycles. The van der Waals surface area contributed by atoms with Crippen LogP contribution in [-0.4, -0.2) is 28.6 Å². The van der Waals surface area contributed by atoms with Crippen LogP contribution in [0.3, 0.4) is 0 Å². The second-order valence-electron chi connectivity index (χ2n) is 5.69. The van der Waals surface area contributed by atoms with E-state index in [-0.39, 0.29) is 29.2 Å². The molecule has 1 aliphatic heterocycles. The third kappa shape index (κ3) is 4.69. The van der Waals surface area contributed by atoms with Gasteiger partial charge in [-0.25, -0.2) is 0 Å². The topological polar surface area (TPSA) is 89.7 Å². The van der Waals surface area contributed by atoms with Gasteiger partial charge in [-0.3, -0.25) is 19.3 Å². The lowest BCUT2D eigenvalue weighted by Gasteiger charge is -2.12. The number of hydrogen-bond donors (Lipinski definition) is 1. The maximum Gasteiger partial charge on any atom is 0.293 e. The average Bonchev–Trinajstić information content (AvgIpc) is 2.90. The summed E-state index contributed by atoms with van der Waals surface area (Å²) in [6.07, 6.45) is 1.57. The molecule has 0 spiro atoms. The van der Waals surface area contributed by atoms with Crippen molar-refractivity contribution in [3.05, 3.63) is 69.6 Å². The van der Waals surface area contributed by atoms with Gasteiger partial charge in [0.1, 0.15) is 5.75 Å². The van der Waals surface area contributed by atoms with Crippen molar-refractivity contribution >= 4 is 46.5 Å². The van der Waals surface area contributed by atoms with Gasteiger partial charge in [-0.05, 0) is 41.6 Å². The van der Waals surface area contributed by atoms with Gasteiger partial charge < -0.3 is 10.5 Å². The molecule has 27 heavy (non-hydrogen) atoms. The van der Waals surface area contributed by atoms with Crippen LogP contribution in [-0.2, 0) is 16.1 Å². The fourth-order valence-corrected chi connectivity index (χ4v) is 3.39. The zero-order chi connectivity index (χ0) is 19.4. The van der Waals surface area contributed by atoms with Gasteiger partial charge in [0, 0.05) is 10.6 Å². The Bertz CT molecular complexity index is 928. The van der Waals surface area contributed by atoms with Crippen LogP contribution in [0, 0.1) is 0 Å². The van der Waals surface area contributed by atoms with Crippen molar-refractivity contribution in [3.63, 3.8) is 0 Å². The largest absolute Gasteiger partial charge is 0.483 e. The molecule has 1 fully saturated rings. The van der Waals surface area contributed by atoms with E-state index in [1.807, 2.05) is 0 Å². The number of rotatable bonds is 6. The van der Waals surface area contributed by atoms with Crippen molar-refractivity contribution in [3.8, 4) is 5.75 Å². The zero-order valence-corrected chi connectivity index (χ0v) is 15.6. The Labute approximate surface area is 164 Å². The fourth-order valence-electron chi connectivity index (χ4n) is 2.43. The molecule has 1 saturated heterocycles. The van der Waals surface area contributed by atoms with Crippen LogP contribution >= 0.6 is 23.4 Å².